The lowest BCUT2D eigenvalue weighted by Crippen LogP contribution is -2.44. The predicted octanol–water partition coefficient (Wildman–Crippen LogP) is -2.06. The lowest BCUT2D eigenvalue weighted by atomic mass is 9.96. The highest BCUT2D eigenvalue weighted by molar-refractivity contribution is 7.60. The van der Waals surface area contributed by atoms with Crippen LogP contribution in [0.1, 0.15) is 13.2 Å². The molecule has 18 heteroatoms. The van der Waals surface area contributed by atoms with Crippen molar-refractivity contribution in [1.29, 1.82) is 0 Å². The SMILES string of the molecule is CC1(O)[C@@H](O)[C@@H](COP(=O)(O)OP(=O)(O)O)O[C@H]1n1cnc2c(=O)[nH]c(N)nc21. The summed E-state index contributed by atoms with van der Waals surface area (Å²) >= 11 is 0. The quantitative estimate of drug-likeness (QED) is 0.230. The Balaban J connectivity index is 1.85. The third-order valence-electron chi connectivity index (χ3n) is 4.07. The minimum Gasteiger partial charge on any atom is -0.387 e. The number of anilines is 1. The lowest BCUT2D eigenvalue weighted by Gasteiger charge is -2.27. The number of aromatic amines is 1. The maximum atomic E-state index is 11.9. The summed E-state index contributed by atoms with van der Waals surface area (Å²) in [6.45, 7) is 0.291. The van der Waals surface area contributed by atoms with Crippen molar-refractivity contribution < 1.29 is 47.6 Å². The number of ether oxygens (including phenoxy) is 1. The van der Waals surface area contributed by atoms with Crippen molar-refractivity contribution in [2.45, 2.75) is 31.0 Å². The molecule has 5 atom stereocenters. The van der Waals surface area contributed by atoms with Gasteiger partial charge in [0.25, 0.3) is 5.56 Å². The van der Waals surface area contributed by atoms with E-state index in [-0.39, 0.29) is 17.1 Å². The van der Waals surface area contributed by atoms with Gasteiger partial charge in [0, 0.05) is 0 Å². The Morgan fingerprint density at radius 1 is 1.41 bits per heavy atom. The molecule has 1 aliphatic heterocycles. The standard InChI is InChI=1S/C11H17N5O11P2/c1-11(19)6(17)4(2-25-29(23,24)27-28(20,21)22)26-9(11)16-3-13-5-7(16)14-10(12)15-8(5)18/h3-4,6,9,17,19H,2H2,1H3,(H,23,24)(H2,20,21,22)(H3,12,14,15,18)/t4-,6+,9-,11?/m1/s1. The van der Waals surface area contributed by atoms with Crippen molar-refractivity contribution >= 4 is 32.8 Å². The molecule has 0 bridgehead atoms. The first kappa shape index (κ1) is 22.0. The zero-order valence-electron chi connectivity index (χ0n) is 14.5. The zero-order chi connectivity index (χ0) is 21.8. The summed E-state index contributed by atoms with van der Waals surface area (Å²) in [4.78, 5) is 48.4. The van der Waals surface area contributed by atoms with E-state index >= 15 is 0 Å². The van der Waals surface area contributed by atoms with Crippen LogP contribution in [-0.4, -0.2) is 68.8 Å². The van der Waals surface area contributed by atoms with E-state index in [1.54, 1.807) is 0 Å². The number of rotatable bonds is 6. The minimum atomic E-state index is -5.33. The highest BCUT2D eigenvalue weighted by atomic mass is 31.3. The molecule has 2 unspecified atom stereocenters. The highest BCUT2D eigenvalue weighted by Crippen LogP contribution is 2.57. The molecule has 2 aromatic rings. The highest BCUT2D eigenvalue weighted by Gasteiger charge is 2.54. The normalized spacial score (nSPS) is 29.9. The fourth-order valence-electron chi connectivity index (χ4n) is 2.82. The van der Waals surface area contributed by atoms with Crippen molar-refractivity contribution in [1.82, 2.24) is 19.5 Å². The predicted molar refractivity (Wildman–Crippen MR) is 92.0 cm³/mol. The maximum absolute atomic E-state index is 11.9. The first-order valence-electron chi connectivity index (χ1n) is 7.74. The Morgan fingerprint density at radius 3 is 2.69 bits per heavy atom. The average molecular weight is 457 g/mol. The van der Waals surface area contributed by atoms with Crippen LogP contribution in [0.15, 0.2) is 11.1 Å². The van der Waals surface area contributed by atoms with E-state index in [2.05, 4.69) is 23.8 Å². The summed E-state index contributed by atoms with van der Waals surface area (Å²) in [7, 11) is -10.5. The summed E-state index contributed by atoms with van der Waals surface area (Å²) in [5.41, 5.74) is 2.64. The molecular formula is C11H17N5O11P2. The van der Waals surface area contributed by atoms with Gasteiger partial charge in [-0.15, -0.1) is 0 Å². The van der Waals surface area contributed by atoms with E-state index in [1.165, 1.54) is 6.92 Å². The number of fused-ring (bicyclic) bond motifs is 1. The number of imidazole rings is 1. The summed E-state index contributed by atoms with van der Waals surface area (Å²) in [5.74, 6) is -0.238. The van der Waals surface area contributed by atoms with Crippen LogP contribution in [-0.2, 0) is 22.7 Å². The fourth-order valence-corrected chi connectivity index (χ4v) is 4.42. The van der Waals surface area contributed by atoms with Crippen molar-refractivity contribution in [3.8, 4) is 0 Å². The molecule has 0 aliphatic carbocycles. The number of H-pyrrole nitrogens is 1. The number of hydrogen-bond donors (Lipinski definition) is 7. The van der Waals surface area contributed by atoms with Crippen molar-refractivity contribution in [3.05, 3.63) is 16.7 Å². The summed E-state index contributed by atoms with van der Waals surface area (Å²) < 4.78 is 36.9. The van der Waals surface area contributed by atoms with E-state index in [1.807, 2.05) is 0 Å². The number of nitrogens with one attached hydrogen (secondary N) is 1. The van der Waals surface area contributed by atoms with E-state index < -0.39 is 51.8 Å². The molecule has 0 spiro atoms. The third kappa shape index (κ3) is 4.41. The number of phosphoric ester groups is 1. The number of nitrogens with two attached hydrogens (primary N) is 1. The van der Waals surface area contributed by atoms with Gasteiger partial charge in [0.2, 0.25) is 5.95 Å². The second-order valence-electron chi connectivity index (χ2n) is 6.31. The van der Waals surface area contributed by atoms with Crippen LogP contribution < -0.4 is 11.3 Å². The second-order valence-corrected chi connectivity index (χ2v) is 9.14. The Kier molecular flexibility index (Phi) is 5.47. The van der Waals surface area contributed by atoms with Gasteiger partial charge in [-0.3, -0.25) is 18.9 Å². The van der Waals surface area contributed by atoms with Crippen LogP contribution in [0.5, 0.6) is 0 Å². The topological polar surface area (TPSA) is 253 Å². The maximum Gasteiger partial charge on any atom is 0.481 e. The Bertz CT molecular complexity index is 1080. The molecule has 3 rings (SSSR count). The van der Waals surface area contributed by atoms with Crippen LogP contribution in [0.4, 0.5) is 5.95 Å². The molecule has 8 N–H and O–H groups in total. The average Bonchev–Trinajstić information content (AvgIpc) is 3.04. The first-order chi connectivity index (χ1) is 13.2. The molecule has 1 aliphatic rings. The van der Waals surface area contributed by atoms with E-state index in [9.17, 15) is 29.0 Å². The van der Waals surface area contributed by atoms with Gasteiger partial charge in [0.15, 0.2) is 17.4 Å². The zero-order valence-corrected chi connectivity index (χ0v) is 16.3. The van der Waals surface area contributed by atoms with Crippen LogP contribution in [0.3, 0.4) is 0 Å². The van der Waals surface area contributed by atoms with Crippen LogP contribution in [0.2, 0.25) is 0 Å². The second kappa shape index (κ2) is 7.21. The van der Waals surface area contributed by atoms with Crippen LogP contribution in [0.25, 0.3) is 11.2 Å². The number of aliphatic hydroxyl groups excluding tert-OH is 1. The number of aliphatic hydroxyl groups is 2. The number of aromatic nitrogens is 4. The van der Waals surface area contributed by atoms with Gasteiger partial charge >= 0.3 is 15.6 Å². The van der Waals surface area contributed by atoms with E-state index in [0.29, 0.717) is 0 Å². The molecule has 1 fully saturated rings. The van der Waals surface area contributed by atoms with Gasteiger partial charge in [0.05, 0.1) is 12.9 Å². The van der Waals surface area contributed by atoms with E-state index in [0.717, 1.165) is 10.9 Å². The number of nitrogens with zero attached hydrogens (tertiary/aromatic N) is 3. The minimum absolute atomic E-state index is 0.0667. The molecule has 162 valence electrons. The Hall–Kier alpha value is -1.71. The number of phosphoric acid groups is 2. The van der Waals surface area contributed by atoms with Crippen molar-refractivity contribution in [2.75, 3.05) is 12.3 Å². The molecule has 2 aromatic heterocycles. The number of nitrogen functional groups attached to an aromatic ring is 1. The molecular weight excluding hydrogens is 440 g/mol. The molecule has 29 heavy (non-hydrogen) atoms. The molecule has 1 saturated heterocycles. The number of hydrogen-bond acceptors (Lipinski definition) is 11. The Morgan fingerprint density at radius 2 is 2.07 bits per heavy atom. The van der Waals surface area contributed by atoms with Gasteiger partial charge in [0.1, 0.15) is 17.8 Å². The fraction of sp³-hybridized carbons (Fsp3) is 0.545. The third-order valence-corrected chi connectivity index (χ3v) is 6.22. The summed E-state index contributed by atoms with van der Waals surface area (Å²) in [6.07, 6.45) is -3.41. The van der Waals surface area contributed by atoms with Crippen molar-refractivity contribution in [2.24, 2.45) is 0 Å². The van der Waals surface area contributed by atoms with Gasteiger partial charge in [-0.2, -0.15) is 9.29 Å². The lowest BCUT2D eigenvalue weighted by molar-refractivity contribution is -0.0949. The molecule has 16 nitrogen and oxygen atoms in total. The summed E-state index contributed by atoms with van der Waals surface area (Å²) in [5, 5.41) is 21.0. The van der Waals surface area contributed by atoms with Crippen LogP contribution >= 0.6 is 15.6 Å². The van der Waals surface area contributed by atoms with Gasteiger partial charge in [-0.25, -0.2) is 14.1 Å². The van der Waals surface area contributed by atoms with E-state index in [4.69, 9.17) is 20.3 Å². The van der Waals surface area contributed by atoms with Gasteiger partial charge in [-0.05, 0) is 6.92 Å². The van der Waals surface area contributed by atoms with Gasteiger partial charge < -0.3 is 35.4 Å². The first-order valence-corrected chi connectivity index (χ1v) is 10.8. The Labute approximate surface area is 160 Å². The molecule has 0 saturated carbocycles. The molecule has 0 amide bonds. The molecule has 0 aromatic carbocycles. The monoisotopic (exact) mass is 457 g/mol. The smallest absolute Gasteiger partial charge is 0.387 e. The van der Waals surface area contributed by atoms with Gasteiger partial charge in [-0.1, -0.05) is 0 Å². The summed E-state index contributed by atoms with van der Waals surface area (Å²) in [6, 6.07) is 0. The largest absolute Gasteiger partial charge is 0.481 e. The van der Waals surface area contributed by atoms with Crippen molar-refractivity contribution in [3.63, 3.8) is 0 Å². The molecule has 0 radical (unpaired) electrons. The molecule has 3 heterocycles. The van der Waals surface area contributed by atoms with Crippen LogP contribution in [0, 0.1) is 0 Å².